The van der Waals surface area contributed by atoms with E-state index in [0.29, 0.717) is 5.88 Å². The highest BCUT2D eigenvalue weighted by Crippen LogP contribution is 2.33. The zero-order valence-corrected chi connectivity index (χ0v) is 13.4. The molecule has 0 aromatic heterocycles. The summed E-state index contributed by atoms with van der Waals surface area (Å²) in [4.78, 5) is 5.37. The lowest BCUT2D eigenvalue weighted by Gasteiger charge is -2.16. The summed E-state index contributed by atoms with van der Waals surface area (Å²) < 4.78 is 10.6. The fourth-order valence-electron chi connectivity index (χ4n) is 1.85. The summed E-state index contributed by atoms with van der Waals surface area (Å²) >= 11 is 7.51. The number of halogens is 1. The summed E-state index contributed by atoms with van der Waals surface area (Å²) in [6.07, 6.45) is 0.744. The third kappa shape index (κ3) is 3.52. The normalized spacial score (nSPS) is 21.3. The van der Waals surface area contributed by atoms with Crippen LogP contribution in [0.5, 0.6) is 11.5 Å². The van der Waals surface area contributed by atoms with Crippen molar-refractivity contribution in [2.24, 2.45) is 5.16 Å². The Morgan fingerprint density at radius 2 is 2.20 bits per heavy atom. The summed E-state index contributed by atoms with van der Waals surface area (Å²) in [5.41, 5.74) is 0.696. The van der Waals surface area contributed by atoms with Gasteiger partial charge in [-0.3, -0.25) is 0 Å². The van der Waals surface area contributed by atoms with E-state index in [-0.39, 0.29) is 5.60 Å². The second-order valence-electron chi connectivity index (χ2n) is 4.80. The number of alkyl halides is 1. The topological polar surface area (TPSA) is 40.0 Å². The number of ether oxygens (including phenoxy) is 2. The van der Waals surface area contributed by atoms with Crippen molar-refractivity contribution < 1.29 is 14.3 Å². The molecule has 1 aromatic carbocycles. The molecule has 0 fully saturated rings. The molecular formula is C14H18ClNO3S. The van der Waals surface area contributed by atoms with Crippen LogP contribution in [0.4, 0.5) is 0 Å². The Labute approximate surface area is 128 Å². The van der Waals surface area contributed by atoms with E-state index in [1.165, 1.54) is 0 Å². The van der Waals surface area contributed by atoms with Crippen LogP contribution in [-0.4, -0.2) is 30.7 Å². The molecule has 1 heterocycles. The standard InChI is InChI=1S/C14H18ClNO3S/c1-14(9-15)7-13(16-19-14)20-8-10-6-11(17-2)4-5-12(10)18-3/h4-6H,7-9H2,1-3H3. The van der Waals surface area contributed by atoms with Crippen LogP contribution >= 0.6 is 23.4 Å². The molecule has 6 heteroatoms. The van der Waals surface area contributed by atoms with Crippen molar-refractivity contribution in [3.05, 3.63) is 23.8 Å². The van der Waals surface area contributed by atoms with Crippen LogP contribution in [0.3, 0.4) is 0 Å². The van der Waals surface area contributed by atoms with Gasteiger partial charge in [0.15, 0.2) is 5.60 Å². The quantitative estimate of drug-likeness (QED) is 0.777. The van der Waals surface area contributed by atoms with E-state index >= 15 is 0 Å². The van der Waals surface area contributed by atoms with Crippen LogP contribution in [0.25, 0.3) is 0 Å². The fraction of sp³-hybridized carbons (Fsp3) is 0.500. The first kappa shape index (κ1) is 15.3. The maximum absolute atomic E-state index is 5.87. The fourth-order valence-corrected chi connectivity index (χ4v) is 3.04. The van der Waals surface area contributed by atoms with Crippen molar-refractivity contribution in [2.45, 2.75) is 24.7 Å². The molecule has 0 aliphatic carbocycles. The predicted molar refractivity (Wildman–Crippen MR) is 83.1 cm³/mol. The molecule has 0 spiro atoms. The van der Waals surface area contributed by atoms with E-state index < -0.39 is 0 Å². The average molecular weight is 316 g/mol. The summed E-state index contributed by atoms with van der Waals surface area (Å²) in [5.74, 6) is 2.85. The van der Waals surface area contributed by atoms with Crippen molar-refractivity contribution in [3.8, 4) is 11.5 Å². The van der Waals surface area contributed by atoms with E-state index in [1.807, 2.05) is 25.1 Å². The number of thioether (sulfide) groups is 1. The van der Waals surface area contributed by atoms with Gasteiger partial charge in [0.1, 0.15) is 16.5 Å². The van der Waals surface area contributed by atoms with Gasteiger partial charge in [0.25, 0.3) is 0 Å². The smallest absolute Gasteiger partial charge is 0.154 e. The average Bonchev–Trinajstić information content (AvgIpc) is 2.87. The lowest BCUT2D eigenvalue weighted by Crippen LogP contribution is -2.26. The molecule has 1 unspecified atom stereocenters. The molecule has 0 amide bonds. The molecule has 0 bridgehead atoms. The maximum Gasteiger partial charge on any atom is 0.154 e. The predicted octanol–water partition coefficient (Wildman–Crippen LogP) is 3.67. The van der Waals surface area contributed by atoms with Gasteiger partial charge in [-0.2, -0.15) is 0 Å². The second kappa shape index (κ2) is 6.59. The highest BCUT2D eigenvalue weighted by atomic mass is 35.5. The third-order valence-electron chi connectivity index (χ3n) is 3.06. The van der Waals surface area contributed by atoms with Gasteiger partial charge in [-0.15, -0.1) is 23.4 Å². The zero-order chi connectivity index (χ0) is 14.6. The summed E-state index contributed by atoms with van der Waals surface area (Å²) in [5, 5.41) is 5.05. The Bertz CT molecular complexity index is 509. The van der Waals surface area contributed by atoms with Gasteiger partial charge in [-0.25, -0.2) is 0 Å². The van der Waals surface area contributed by atoms with E-state index in [9.17, 15) is 0 Å². The van der Waals surface area contributed by atoms with Gasteiger partial charge in [-0.1, -0.05) is 5.16 Å². The minimum atomic E-state index is -0.373. The number of hydrogen-bond acceptors (Lipinski definition) is 5. The number of nitrogens with zero attached hydrogens (tertiary/aromatic N) is 1. The Morgan fingerprint density at radius 3 is 2.80 bits per heavy atom. The number of rotatable bonds is 5. The molecule has 1 atom stereocenters. The first-order valence-electron chi connectivity index (χ1n) is 6.25. The van der Waals surface area contributed by atoms with Gasteiger partial charge < -0.3 is 14.3 Å². The molecule has 0 saturated heterocycles. The molecule has 1 aromatic rings. The van der Waals surface area contributed by atoms with Crippen LogP contribution < -0.4 is 9.47 Å². The van der Waals surface area contributed by atoms with Gasteiger partial charge in [-0.05, 0) is 25.1 Å². The van der Waals surface area contributed by atoms with Crippen LogP contribution in [0.1, 0.15) is 18.9 Å². The number of methoxy groups -OCH3 is 2. The SMILES string of the molecule is COc1ccc(OC)c(CSC2=NOC(C)(CCl)C2)c1. The first-order valence-corrected chi connectivity index (χ1v) is 7.77. The summed E-state index contributed by atoms with van der Waals surface area (Å²) in [6.45, 7) is 1.96. The largest absolute Gasteiger partial charge is 0.497 e. The van der Waals surface area contributed by atoms with Crippen molar-refractivity contribution >= 4 is 28.4 Å². The molecule has 1 aliphatic rings. The Hall–Kier alpha value is -1.07. The molecule has 0 radical (unpaired) electrons. The molecule has 4 nitrogen and oxygen atoms in total. The van der Waals surface area contributed by atoms with Crippen molar-refractivity contribution in [3.63, 3.8) is 0 Å². The van der Waals surface area contributed by atoms with Gasteiger partial charge in [0, 0.05) is 17.7 Å². The Balaban J connectivity index is 2.01. The maximum atomic E-state index is 5.87. The minimum Gasteiger partial charge on any atom is -0.497 e. The second-order valence-corrected chi connectivity index (χ2v) is 6.12. The van der Waals surface area contributed by atoms with Gasteiger partial charge in [0.2, 0.25) is 0 Å². The molecule has 20 heavy (non-hydrogen) atoms. The van der Waals surface area contributed by atoms with Crippen molar-refractivity contribution in [1.82, 2.24) is 0 Å². The van der Waals surface area contributed by atoms with Crippen LogP contribution in [0.2, 0.25) is 0 Å². The summed E-state index contributed by atoms with van der Waals surface area (Å²) in [6, 6.07) is 5.77. The van der Waals surface area contributed by atoms with Gasteiger partial charge >= 0.3 is 0 Å². The van der Waals surface area contributed by atoms with Crippen LogP contribution in [0.15, 0.2) is 23.4 Å². The molecule has 2 rings (SSSR count). The number of oxime groups is 1. The van der Waals surface area contributed by atoms with Crippen molar-refractivity contribution in [2.75, 3.05) is 20.1 Å². The molecular weight excluding hydrogens is 298 g/mol. The molecule has 110 valence electrons. The Morgan fingerprint density at radius 1 is 1.40 bits per heavy atom. The highest BCUT2D eigenvalue weighted by molar-refractivity contribution is 8.13. The first-order chi connectivity index (χ1) is 9.60. The van der Waals surface area contributed by atoms with Crippen LogP contribution in [-0.2, 0) is 10.6 Å². The van der Waals surface area contributed by atoms with E-state index in [1.54, 1.807) is 26.0 Å². The third-order valence-corrected chi connectivity index (χ3v) is 4.63. The Kier molecular flexibility index (Phi) is 5.05. The number of hydrogen-bond donors (Lipinski definition) is 0. The van der Waals surface area contributed by atoms with E-state index in [4.69, 9.17) is 25.9 Å². The molecule has 0 N–H and O–H groups in total. The molecule has 1 aliphatic heterocycles. The lowest BCUT2D eigenvalue weighted by atomic mass is 10.1. The number of benzene rings is 1. The van der Waals surface area contributed by atoms with Gasteiger partial charge in [0.05, 0.1) is 20.1 Å². The zero-order valence-electron chi connectivity index (χ0n) is 11.8. The van der Waals surface area contributed by atoms with E-state index in [2.05, 4.69) is 5.16 Å². The van der Waals surface area contributed by atoms with Crippen molar-refractivity contribution in [1.29, 1.82) is 0 Å². The lowest BCUT2D eigenvalue weighted by molar-refractivity contribution is 0.0152. The monoisotopic (exact) mass is 315 g/mol. The minimum absolute atomic E-state index is 0.373. The van der Waals surface area contributed by atoms with E-state index in [0.717, 1.165) is 34.3 Å². The summed E-state index contributed by atoms with van der Waals surface area (Å²) in [7, 11) is 3.32. The molecule has 0 saturated carbocycles. The van der Waals surface area contributed by atoms with Crippen LogP contribution in [0, 0.1) is 0 Å². The highest BCUT2D eigenvalue weighted by Gasteiger charge is 2.33.